The highest BCUT2D eigenvalue weighted by Crippen LogP contribution is 2.16. The van der Waals surface area contributed by atoms with Crippen LogP contribution in [0.4, 0.5) is 10.1 Å². The zero-order valence-electron chi connectivity index (χ0n) is 15.8. The molecule has 1 aromatic rings. The van der Waals surface area contributed by atoms with Crippen LogP contribution in [0.5, 0.6) is 0 Å². The summed E-state index contributed by atoms with van der Waals surface area (Å²) in [7, 11) is 0. The molecule has 1 fully saturated rings. The van der Waals surface area contributed by atoms with Crippen LogP contribution in [0.3, 0.4) is 0 Å². The molecule has 0 aromatic heterocycles. The molecule has 0 aliphatic carbocycles. The highest BCUT2D eigenvalue weighted by molar-refractivity contribution is 5.81. The Balaban J connectivity index is 1.85. The molecule has 0 atom stereocenters. The van der Waals surface area contributed by atoms with E-state index in [-0.39, 0.29) is 11.7 Å². The summed E-state index contributed by atoms with van der Waals surface area (Å²) < 4.78 is 13.1. The van der Waals surface area contributed by atoms with Crippen LogP contribution in [0.15, 0.2) is 29.3 Å². The first-order chi connectivity index (χ1) is 12.6. The van der Waals surface area contributed by atoms with Crippen molar-refractivity contribution in [2.24, 2.45) is 4.99 Å². The maximum atomic E-state index is 13.1. The number of rotatable bonds is 7. The van der Waals surface area contributed by atoms with Crippen LogP contribution in [0.25, 0.3) is 0 Å². The van der Waals surface area contributed by atoms with Crippen molar-refractivity contribution in [1.29, 1.82) is 0 Å². The lowest BCUT2D eigenvalue weighted by Gasteiger charge is -2.37. The second kappa shape index (κ2) is 10.6. The van der Waals surface area contributed by atoms with Gasteiger partial charge in [0.2, 0.25) is 5.91 Å². The van der Waals surface area contributed by atoms with E-state index in [1.165, 1.54) is 12.1 Å². The Morgan fingerprint density at radius 3 is 2.42 bits per heavy atom. The van der Waals surface area contributed by atoms with Crippen LogP contribution < -0.4 is 15.5 Å². The van der Waals surface area contributed by atoms with Gasteiger partial charge in [-0.1, -0.05) is 6.92 Å². The fourth-order valence-electron chi connectivity index (χ4n) is 2.87. The summed E-state index contributed by atoms with van der Waals surface area (Å²) in [6.45, 7) is 9.45. The normalized spacial score (nSPS) is 15.1. The summed E-state index contributed by atoms with van der Waals surface area (Å²) in [6, 6.07) is 6.63. The van der Waals surface area contributed by atoms with Gasteiger partial charge in [0.05, 0.1) is 6.54 Å². The number of carbonyl (C=O) groups excluding carboxylic acids is 1. The average molecular weight is 363 g/mol. The first-order valence-electron chi connectivity index (χ1n) is 9.44. The minimum absolute atomic E-state index is 0.0487. The molecule has 1 aliphatic rings. The van der Waals surface area contributed by atoms with E-state index in [0.717, 1.165) is 50.8 Å². The molecule has 1 aliphatic heterocycles. The molecule has 0 saturated carbocycles. The predicted octanol–water partition coefficient (Wildman–Crippen LogP) is 1.83. The van der Waals surface area contributed by atoms with E-state index in [1.54, 1.807) is 0 Å². The highest BCUT2D eigenvalue weighted by Gasteiger charge is 2.19. The number of hydrogen-bond donors (Lipinski definition) is 2. The average Bonchev–Trinajstić information content (AvgIpc) is 2.66. The molecule has 1 heterocycles. The summed E-state index contributed by atoms with van der Waals surface area (Å²) in [5, 5.41) is 6.18. The molecule has 2 rings (SSSR count). The van der Waals surface area contributed by atoms with Gasteiger partial charge in [0, 0.05) is 51.4 Å². The van der Waals surface area contributed by atoms with E-state index in [1.807, 2.05) is 26.0 Å². The summed E-state index contributed by atoms with van der Waals surface area (Å²) >= 11 is 0. The number of amides is 1. The van der Waals surface area contributed by atoms with Crippen LogP contribution >= 0.6 is 0 Å². The molecule has 0 radical (unpaired) electrons. The Hall–Kier alpha value is -2.31. The van der Waals surface area contributed by atoms with Gasteiger partial charge < -0.3 is 20.4 Å². The Morgan fingerprint density at radius 1 is 1.12 bits per heavy atom. The number of anilines is 1. The van der Waals surface area contributed by atoms with Gasteiger partial charge in [-0.3, -0.25) is 9.79 Å². The van der Waals surface area contributed by atoms with E-state index >= 15 is 0 Å². The van der Waals surface area contributed by atoms with Gasteiger partial charge in [-0.25, -0.2) is 4.39 Å². The maximum absolute atomic E-state index is 13.1. The van der Waals surface area contributed by atoms with E-state index < -0.39 is 0 Å². The number of carbonyl (C=O) groups is 1. The lowest BCUT2D eigenvalue weighted by atomic mass is 10.2. The Bertz CT molecular complexity index is 582. The third-order valence-electron chi connectivity index (χ3n) is 4.28. The van der Waals surface area contributed by atoms with Crippen molar-refractivity contribution < 1.29 is 9.18 Å². The van der Waals surface area contributed by atoms with Gasteiger partial charge in [0.1, 0.15) is 5.82 Å². The quantitative estimate of drug-likeness (QED) is 0.573. The van der Waals surface area contributed by atoms with Crippen molar-refractivity contribution in [3.63, 3.8) is 0 Å². The molecule has 1 amide bonds. The number of halogens is 1. The van der Waals surface area contributed by atoms with Crippen LogP contribution in [0, 0.1) is 5.82 Å². The summed E-state index contributed by atoms with van der Waals surface area (Å²) in [4.78, 5) is 20.8. The minimum Gasteiger partial charge on any atom is -0.368 e. The van der Waals surface area contributed by atoms with Crippen molar-refractivity contribution in [3.8, 4) is 0 Å². The summed E-state index contributed by atoms with van der Waals surface area (Å²) in [5.74, 6) is 0.694. The van der Waals surface area contributed by atoms with Gasteiger partial charge in [-0.15, -0.1) is 0 Å². The Labute approximate surface area is 155 Å². The number of benzene rings is 1. The molecule has 2 N–H and O–H groups in total. The van der Waals surface area contributed by atoms with Crippen molar-refractivity contribution in [3.05, 3.63) is 30.1 Å². The summed E-state index contributed by atoms with van der Waals surface area (Å²) in [5.41, 5.74) is 1.04. The second-order valence-electron chi connectivity index (χ2n) is 6.29. The van der Waals surface area contributed by atoms with Crippen molar-refractivity contribution >= 4 is 17.6 Å². The van der Waals surface area contributed by atoms with Crippen LogP contribution in [0.2, 0.25) is 0 Å². The molecular weight excluding hydrogens is 333 g/mol. The molecule has 6 nitrogen and oxygen atoms in total. The number of piperazine rings is 1. The van der Waals surface area contributed by atoms with E-state index in [0.29, 0.717) is 19.5 Å². The number of guanidine groups is 1. The van der Waals surface area contributed by atoms with Crippen LogP contribution in [-0.4, -0.2) is 62.6 Å². The molecule has 26 heavy (non-hydrogen) atoms. The molecule has 0 unspecified atom stereocenters. The largest absolute Gasteiger partial charge is 0.368 e. The highest BCUT2D eigenvalue weighted by atomic mass is 19.1. The zero-order valence-corrected chi connectivity index (χ0v) is 15.8. The SMILES string of the molecule is CCCNC(=O)CCN=C(NCC)N1CCN(c2ccc(F)cc2)CC1. The predicted molar refractivity (Wildman–Crippen MR) is 104 cm³/mol. The van der Waals surface area contributed by atoms with Gasteiger partial charge in [0.25, 0.3) is 0 Å². The monoisotopic (exact) mass is 363 g/mol. The van der Waals surface area contributed by atoms with Crippen molar-refractivity contribution in [2.75, 3.05) is 50.7 Å². The molecule has 144 valence electrons. The van der Waals surface area contributed by atoms with E-state index in [9.17, 15) is 9.18 Å². The Morgan fingerprint density at radius 2 is 1.81 bits per heavy atom. The van der Waals surface area contributed by atoms with Crippen LogP contribution in [0.1, 0.15) is 26.7 Å². The standard InChI is InChI=1S/C19H30FN5O/c1-3-10-22-18(26)9-11-23-19(21-4-2)25-14-12-24(13-15-25)17-7-5-16(20)6-8-17/h5-8H,3-4,9-15H2,1-2H3,(H,21,23)(H,22,26). The minimum atomic E-state index is -0.211. The molecule has 0 spiro atoms. The fraction of sp³-hybridized carbons (Fsp3) is 0.579. The number of aliphatic imine (C=N–C) groups is 1. The molecule has 1 aromatic carbocycles. The molecule has 7 heteroatoms. The lowest BCUT2D eigenvalue weighted by Crippen LogP contribution is -2.52. The zero-order chi connectivity index (χ0) is 18.8. The number of hydrogen-bond acceptors (Lipinski definition) is 3. The number of nitrogens with zero attached hydrogens (tertiary/aromatic N) is 3. The number of nitrogens with one attached hydrogen (secondary N) is 2. The summed E-state index contributed by atoms with van der Waals surface area (Å²) in [6.07, 6.45) is 1.35. The second-order valence-corrected chi connectivity index (χ2v) is 6.29. The smallest absolute Gasteiger partial charge is 0.221 e. The van der Waals surface area contributed by atoms with Gasteiger partial charge in [-0.2, -0.15) is 0 Å². The third-order valence-corrected chi connectivity index (χ3v) is 4.28. The van der Waals surface area contributed by atoms with Crippen molar-refractivity contribution in [1.82, 2.24) is 15.5 Å². The molecule has 0 bridgehead atoms. The maximum Gasteiger partial charge on any atom is 0.221 e. The first-order valence-corrected chi connectivity index (χ1v) is 9.44. The lowest BCUT2D eigenvalue weighted by molar-refractivity contribution is -0.120. The topological polar surface area (TPSA) is 60.0 Å². The van der Waals surface area contributed by atoms with Gasteiger partial charge in [-0.05, 0) is 37.6 Å². The van der Waals surface area contributed by atoms with E-state index in [4.69, 9.17) is 0 Å². The third kappa shape index (κ3) is 6.20. The fourth-order valence-corrected chi connectivity index (χ4v) is 2.87. The molecule has 1 saturated heterocycles. The van der Waals surface area contributed by atoms with E-state index in [2.05, 4.69) is 25.4 Å². The van der Waals surface area contributed by atoms with Crippen LogP contribution in [-0.2, 0) is 4.79 Å². The van der Waals surface area contributed by atoms with Crippen molar-refractivity contribution in [2.45, 2.75) is 26.7 Å². The Kier molecular flexibility index (Phi) is 8.18. The molecular formula is C19H30FN5O. The first kappa shape index (κ1) is 20.0. The van der Waals surface area contributed by atoms with Gasteiger partial charge in [0.15, 0.2) is 5.96 Å². The van der Waals surface area contributed by atoms with Gasteiger partial charge >= 0.3 is 0 Å².